The maximum atomic E-state index is 14.1. The first-order chi connectivity index (χ1) is 29.9. The number of nitrogens with one attached hydrogen (secondary N) is 3. The van der Waals surface area contributed by atoms with E-state index in [-0.39, 0.29) is 11.8 Å². The number of aromatic nitrogens is 3. The maximum absolute atomic E-state index is 14.1. The average Bonchev–Trinajstić information content (AvgIpc) is 4.07. The average molecular weight is 830 g/mol. The molecular formula is C50H35N7O2S2. The topological polar surface area (TPSA) is 124 Å². The van der Waals surface area contributed by atoms with Gasteiger partial charge in [0, 0.05) is 22.3 Å². The molecule has 4 heterocycles. The first-order valence-electron chi connectivity index (χ1n) is 19.6. The van der Waals surface area contributed by atoms with Crippen molar-refractivity contribution in [2.45, 2.75) is 13.8 Å². The Labute approximate surface area is 359 Å². The Bertz CT molecular complexity index is 3200. The first kappa shape index (κ1) is 37.7. The molecule has 0 saturated carbocycles. The third-order valence-corrected chi connectivity index (χ3v) is 12.6. The van der Waals surface area contributed by atoms with Gasteiger partial charge in [-0.2, -0.15) is 0 Å². The number of para-hydroxylation sites is 2. The van der Waals surface area contributed by atoms with Crippen molar-refractivity contribution in [3.63, 3.8) is 0 Å². The lowest BCUT2D eigenvalue weighted by molar-refractivity contribution is 0.0975. The number of nitrogens with zero attached hydrogens (tertiary/aromatic N) is 4. The van der Waals surface area contributed by atoms with Crippen molar-refractivity contribution >= 4 is 89.4 Å². The summed E-state index contributed by atoms with van der Waals surface area (Å²) in [5.74, 6) is 1.00. The van der Waals surface area contributed by atoms with Gasteiger partial charge in [0.05, 0.1) is 31.6 Å². The van der Waals surface area contributed by atoms with E-state index in [0.29, 0.717) is 61.2 Å². The van der Waals surface area contributed by atoms with Crippen LogP contribution in [0.4, 0.5) is 11.6 Å². The fourth-order valence-corrected chi connectivity index (χ4v) is 9.59. The van der Waals surface area contributed by atoms with E-state index >= 15 is 0 Å². The normalized spacial score (nSPS) is 13.3. The molecule has 0 spiro atoms. The zero-order chi connectivity index (χ0) is 41.5. The number of aromatic amines is 1. The molecule has 1 aliphatic rings. The van der Waals surface area contributed by atoms with Crippen LogP contribution in [-0.4, -0.2) is 38.4 Å². The molecule has 2 amide bonds. The number of aliphatic imine (C=N–C) groups is 2. The molecular weight excluding hydrogens is 795 g/mol. The summed E-state index contributed by atoms with van der Waals surface area (Å²) in [6, 6.07) is 50.7. The number of anilines is 1. The predicted molar refractivity (Wildman–Crippen MR) is 250 cm³/mol. The van der Waals surface area contributed by atoms with Crippen LogP contribution in [-0.2, 0) is 0 Å². The van der Waals surface area contributed by atoms with Crippen molar-refractivity contribution < 1.29 is 9.59 Å². The Balaban J connectivity index is 1.24. The molecule has 1 aliphatic heterocycles. The minimum atomic E-state index is -0.298. The number of amides is 2. The van der Waals surface area contributed by atoms with Crippen LogP contribution < -0.4 is 10.6 Å². The third kappa shape index (κ3) is 7.15. The lowest BCUT2D eigenvalue weighted by atomic mass is 9.99. The molecule has 3 aromatic heterocycles. The van der Waals surface area contributed by atoms with Crippen LogP contribution in [0.1, 0.15) is 42.4 Å². The van der Waals surface area contributed by atoms with E-state index in [1.54, 1.807) is 6.07 Å². The Morgan fingerprint density at radius 1 is 0.541 bits per heavy atom. The lowest BCUT2D eigenvalue weighted by Gasteiger charge is -2.10. The van der Waals surface area contributed by atoms with Gasteiger partial charge in [0.2, 0.25) is 0 Å². The third-order valence-electron chi connectivity index (χ3n) is 10.5. The minimum Gasteiger partial charge on any atom is -0.325 e. The van der Waals surface area contributed by atoms with E-state index in [1.807, 2.05) is 166 Å². The van der Waals surface area contributed by atoms with E-state index < -0.39 is 0 Å². The molecule has 3 N–H and O–H groups in total. The molecule has 9 aromatic rings. The van der Waals surface area contributed by atoms with E-state index in [0.717, 1.165) is 48.3 Å². The van der Waals surface area contributed by atoms with Gasteiger partial charge in [0.1, 0.15) is 27.5 Å². The van der Waals surface area contributed by atoms with Crippen LogP contribution in [0.2, 0.25) is 0 Å². The summed E-state index contributed by atoms with van der Waals surface area (Å²) in [7, 11) is 0. The monoisotopic (exact) mass is 829 g/mol. The molecule has 0 aliphatic carbocycles. The molecule has 0 fully saturated rings. The number of hydrogen-bond donors (Lipinski definition) is 3. The maximum Gasteiger partial charge on any atom is 0.257 e. The van der Waals surface area contributed by atoms with Gasteiger partial charge in [-0.15, -0.1) is 22.7 Å². The smallest absolute Gasteiger partial charge is 0.257 e. The Hall–Kier alpha value is -7.60. The van der Waals surface area contributed by atoms with E-state index in [9.17, 15) is 9.59 Å². The summed E-state index contributed by atoms with van der Waals surface area (Å²) in [6.07, 6.45) is 0. The second-order valence-electron chi connectivity index (χ2n) is 14.5. The molecule has 10 rings (SSSR count). The number of carbonyl (C=O) groups is 2. The first-order valence-corrected chi connectivity index (χ1v) is 21.3. The van der Waals surface area contributed by atoms with Gasteiger partial charge in [-0.05, 0) is 72.5 Å². The van der Waals surface area contributed by atoms with E-state index in [4.69, 9.17) is 20.0 Å². The van der Waals surface area contributed by atoms with Crippen molar-refractivity contribution in [1.82, 2.24) is 20.3 Å². The molecule has 0 atom stereocenters. The van der Waals surface area contributed by atoms with Crippen molar-refractivity contribution in [3.8, 4) is 21.7 Å². The number of thiazole rings is 2. The Kier molecular flexibility index (Phi) is 9.80. The predicted octanol–water partition coefficient (Wildman–Crippen LogP) is 11.9. The van der Waals surface area contributed by atoms with Crippen LogP contribution in [0.25, 0.3) is 53.3 Å². The summed E-state index contributed by atoms with van der Waals surface area (Å²) in [5.41, 5.74) is 8.91. The molecule has 0 saturated heterocycles. The highest BCUT2D eigenvalue weighted by molar-refractivity contribution is 7.21. The van der Waals surface area contributed by atoms with Crippen LogP contribution in [0, 0.1) is 13.8 Å². The fraction of sp³-hybridized carbons (Fsp3) is 0.0400. The van der Waals surface area contributed by atoms with E-state index in [2.05, 4.69) is 15.6 Å². The molecule has 61 heavy (non-hydrogen) atoms. The molecule has 9 nitrogen and oxygen atoms in total. The summed E-state index contributed by atoms with van der Waals surface area (Å²) < 4.78 is 2.00. The highest BCUT2D eigenvalue weighted by Gasteiger charge is 2.33. The number of H-pyrrole nitrogens is 1. The Morgan fingerprint density at radius 2 is 1.05 bits per heavy atom. The van der Waals surface area contributed by atoms with E-state index in [1.165, 1.54) is 22.7 Å². The number of carbonyl (C=O) groups excluding carboxylic acids is 2. The van der Waals surface area contributed by atoms with Gasteiger partial charge >= 0.3 is 0 Å². The number of rotatable bonds is 8. The quantitative estimate of drug-likeness (QED) is 0.141. The standard InChI is InChI=1S/C50H35N7O2S2/c1-29-17-9-11-23-33(29)47(58)56-45-41(49-51-35-25-13-15-27-37(35)60-49)39(31-19-5-3-6-20-31)43(54-45)53-44-40(32-21-7-4-8-22-32)42(50-52-36-26-14-16-28-38(36)61-50)46(55-44)57-48(59)34-24-12-10-18-30(34)2/h3-28,54H,1-2H3,(H,56,58)(H,53,55,57,59). The molecule has 0 unspecified atom stereocenters. The van der Waals surface area contributed by atoms with Crippen LogP contribution in [0.3, 0.4) is 0 Å². The summed E-state index contributed by atoms with van der Waals surface area (Å²) in [6.45, 7) is 3.83. The number of amidine groups is 2. The van der Waals surface area contributed by atoms with Gasteiger partial charge in [0.25, 0.3) is 11.8 Å². The molecule has 6 aromatic carbocycles. The molecule has 0 radical (unpaired) electrons. The van der Waals surface area contributed by atoms with Crippen LogP contribution in [0.5, 0.6) is 0 Å². The van der Waals surface area contributed by atoms with Gasteiger partial charge in [-0.3, -0.25) is 9.59 Å². The summed E-state index contributed by atoms with van der Waals surface area (Å²) in [4.78, 5) is 52.5. The van der Waals surface area contributed by atoms with Crippen molar-refractivity contribution in [2.24, 2.45) is 9.98 Å². The summed E-state index contributed by atoms with van der Waals surface area (Å²) in [5, 5.41) is 7.76. The Morgan fingerprint density at radius 3 is 1.66 bits per heavy atom. The molecule has 294 valence electrons. The molecule has 11 heteroatoms. The number of fused-ring (bicyclic) bond motifs is 2. The largest absolute Gasteiger partial charge is 0.325 e. The van der Waals surface area contributed by atoms with Crippen molar-refractivity contribution in [3.05, 3.63) is 191 Å². The van der Waals surface area contributed by atoms with Crippen LogP contribution >= 0.6 is 22.7 Å². The summed E-state index contributed by atoms with van der Waals surface area (Å²) >= 11 is 3.06. The highest BCUT2D eigenvalue weighted by atomic mass is 32.1. The van der Waals surface area contributed by atoms with Gasteiger partial charge in [0.15, 0.2) is 5.84 Å². The van der Waals surface area contributed by atoms with Crippen LogP contribution in [0.15, 0.2) is 168 Å². The zero-order valence-corrected chi connectivity index (χ0v) is 34.6. The SMILES string of the molecule is Cc1ccccc1C(=O)NC1=N/C(=N\c2[nH]c(NC(=O)c3ccccc3C)c(-c3nc4ccccc4s3)c2-c2ccccc2)C(c2ccccc2)=C1c1nc2ccccc2s1. The minimum absolute atomic E-state index is 0.274. The van der Waals surface area contributed by atoms with Gasteiger partial charge < -0.3 is 15.6 Å². The molecule has 0 bridgehead atoms. The zero-order valence-electron chi connectivity index (χ0n) is 32.9. The second kappa shape index (κ2) is 15.9. The lowest BCUT2D eigenvalue weighted by Crippen LogP contribution is -2.31. The van der Waals surface area contributed by atoms with Crippen molar-refractivity contribution in [1.29, 1.82) is 0 Å². The van der Waals surface area contributed by atoms with Gasteiger partial charge in [-0.25, -0.2) is 20.0 Å². The highest BCUT2D eigenvalue weighted by Crippen LogP contribution is 2.48. The van der Waals surface area contributed by atoms with Crippen molar-refractivity contribution in [2.75, 3.05) is 5.32 Å². The number of benzene rings is 6. The van der Waals surface area contributed by atoms with Gasteiger partial charge in [-0.1, -0.05) is 121 Å². The number of hydrogen-bond acceptors (Lipinski definition) is 7. The number of aryl methyl sites for hydroxylation is 2. The second-order valence-corrected chi connectivity index (χ2v) is 16.5. The fourth-order valence-electron chi connectivity index (χ4n) is 7.55.